The van der Waals surface area contributed by atoms with Crippen LogP contribution in [0.4, 0.5) is 5.82 Å². The van der Waals surface area contributed by atoms with Crippen LogP contribution in [0.1, 0.15) is 20.8 Å². The van der Waals surface area contributed by atoms with Gasteiger partial charge in [-0.1, -0.05) is 0 Å². The van der Waals surface area contributed by atoms with E-state index in [0.717, 1.165) is 0 Å². The average molecular weight is 244 g/mol. The first-order chi connectivity index (χ1) is 8.66. The first-order valence-electron chi connectivity index (χ1n) is 4.93. The van der Waals surface area contributed by atoms with Crippen LogP contribution in [0, 0.1) is 0 Å². The molecule has 1 amide bonds. The molecule has 7 heteroatoms. The minimum absolute atomic E-state index is 0.119. The normalized spacial score (nSPS) is 9.78. The van der Waals surface area contributed by atoms with Crippen molar-refractivity contribution in [3.63, 3.8) is 0 Å². The molecule has 2 heterocycles. The predicted molar refractivity (Wildman–Crippen MR) is 61.2 cm³/mol. The zero-order chi connectivity index (χ0) is 13.0. The summed E-state index contributed by atoms with van der Waals surface area (Å²) in [5.41, 5.74) is 0.122. The second-order valence-corrected chi connectivity index (χ2v) is 3.28. The Morgan fingerprint density at radius 3 is 2.50 bits per heavy atom. The van der Waals surface area contributed by atoms with Crippen molar-refractivity contribution in [2.24, 2.45) is 0 Å². The highest BCUT2D eigenvalue weighted by Crippen LogP contribution is 2.04. The van der Waals surface area contributed by atoms with Gasteiger partial charge in [0.25, 0.3) is 5.91 Å². The van der Waals surface area contributed by atoms with Crippen molar-refractivity contribution in [1.29, 1.82) is 0 Å². The Kier molecular flexibility index (Phi) is 3.24. The summed E-state index contributed by atoms with van der Waals surface area (Å²) >= 11 is 0. The Morgan fingerprint density at radius 2 is 1.94 bits per heavy atom. The van der Waals surface area contributed by atoms with Crippen LogP contribution in [0.15, 0.2) is 36.9 Å². The number of aromatic nitrogens is 3. The summed E-state index contributed by atoms with van der Waals surface area (Å²) in [5, 5.41) is 11.2. The number of amides is 1. The van der Waals surface area contributed by atoms with E-state index in [1.165, 1.54) is 36.9 Å². The van der Waals surface area contributed by atoms with Gasteiger partial charge in [-0.3, -0.25) is 9.78 Å². The first-order valence-corrected chi connectivity index (χ1v) is 4.93. The number of nitrogens with one attached hydrogen (secondary N) is 1. The van der Waals surface area contributed by atoms with Gasteiger partial charge in [0, 0.05) is 18.6 Å². The zero-order valence-corrected chi connectivity index (χ0v) is 9.07. The summed E-state index contributed by atoms with van der Waals surface area (Å²) in [6.45, 7) is 0. The van der Waals surface area contributed by atoms with Gasteiger partial charge in [-0.15, -0.1) is 0 Å². The zero-order valence-electron chi connectivity index (χ0n) is 9.07. The van der Waals surface area contributed by atoms with Crippen molar-refractivity contribution in [2.45, 2.75) is 0 Å². The summed E-state index contributed by atoms with van der Waals surface area (Å²) in [4.78, 5) is 33.6. The molecule has 0 aliphatic rings. The number of nitrogens with zero attached hydrogens (tertiary/aromatic N) is 3. The fourth-order valence-electron chi connectivity index (χ4n) is 1.21. The van der Waals surface area contributed by atoms with Gasteiger partial charge in [-0.25, -0.2) is 14.8 Å². The minimum Gasteiger partial charge on any atom is -0.477 e. The summed E-state index contributed by atoms with van der Waals surface area (Å²) in [5.74, 6) is -1.26. The molecule has 7 nitrogen and oxygen atoms in total. The predicted octanol–water partition coefficient (Wildman–Crippen LogP) is 0.822. The highest BCUT2D eigenvalue weighted by molar-refractivity contribution is 6.03. The van der Waals surface area contributed by atoms with Gasteiger partial charge in [-0.2, -0.15) is 0 Å². The topological polar surface area (TPSA) is 105 Å². The maximum Gasteiger partial charge on any atom is 0.354 e. The van der Waals surface area contributed by atoms with Crippen LogP contribution in [0.25, 0.3) is 0 Å². The molecule has 2 aromatic heterocycles. The van der Waals surface area contributed by atoms with E-state index in [9.17, 15) is 9.59 Å². The summed E-state index contributed by atoms with van der Waals surface area (Å²) in [6, 6.07) is 2.63. The third kappa shape index (κ3) is 2.64. The molecule has 0 spiro atoms. The smallest absolute Gasteiger partial charge is 0.354 e. The highest BCUT2D eigenvalue weighted by atomic mass is 16.4. The number of hydrogen-bond acceptors (Lipinski definition) is 5. The maximum absolute atomic E-state index is 11.7. The number of rotatable bonds is 3. The van der Waals surface area contributed by atoms with Gasteiger partial charge in [0.15, 0.2) is 5.82 Å². The lowest BCUT2D eigenvalue weighted by molar-refractivity contribution is 0.0690. The maximum atomic E-state index is 11.7. The van der Waals surface area contributed by atoms with E-state index in [0.29, 0.717) is 5.82 Å². The van der Waals surface area contributed by atoms with Crippen molar-refractivity contribution >= 4 is 17.7 Å². The quantitative estimate of drug-likeness (QED) is 0.828. The van der Waals surface area contributed by atoms with E-state index in [1.807, 2.05) is 0 Å². The van der Waals surface area contributed by atoms with Gasteiger partial charge in [0.2, 0.25) is 0 Å². The molecule has 18 heavy (non-hydrogen) atoms. The molecule has 0 aliphatic heterocycles. The third-order valence-electron chi connectivity index (χ3n) is 2.05. The van der Waals surface area contributed by atoms with Crippen LogP contribution in [-0.4, -0.2) is 31.9 Å². The van der Waals surface area contributed by atoms with E-state index in [2.05, 4.69) is 20.3 Å². The van der Waals surface area contributed by atoms with E-state index in [4.69, 9.17) is 5.11 Å². The van der Waals surface area contributed by atoms with Crippen LogP contribution in [0.2, 0.25) is 0 Å². The SMILES string of the molecule is O=C(Nc1cnccn1)c1ccc(C(=O)O)nc1. The van der Waals surface area contributed by atoms with Crippen molar-refractivity contribution in [3.05, 3.63) is 48.2 Å². The molecule has 0 unspecified atom stereocenters. The van der Waals surface area contributed by atoms with E-state index in [1.54, 1.807) is 0 Å². The molecule has 0 radical (unpaired) electrons. The molecule has 2 N–H and O–H groups in total. The van der Waals surface area contributed by atoms with Gasteiger partial charge >= 0.3 is 5.97 Å². The number of pyridine rings is 1. The molecular formula is C11H8N4O3. The third-order valence-corrected chi connectivity index (χ3v) is 2.05. The fraction of sp³-hybridized carbons (Fsp3) is 0. The summed E-state index contributed by atoms with van der Waals surface area (Å²) in [7, 11) is 0. The Labute approximate surface area is 102 Å². The molecule has 2 aromatic rings. The molecular weight excluding hydrogens is 236 g/mol. The second kappa shape index (κ2) is 5.00. The van der Waals surface area contributed by atoms with Gasteiger partial charge in [-0.05, 0) is 12.1 Å². The number of aromatic carboxylic acids is 1. The van der Waals surface area contributed by atoms with Gasteiger partial charge in [0.05, 0.1) is 11.8 Å². The number of hydrogen-bond donors (Lipinski definition) is 2. The highest BCUT2D eigenvalue weighted by Gasteiger charge is 2.09. The van der Waals surface area contributed by atoms with E-state index >= 15 is 0 Å². The van der Waals surface area contributed by atoms with Crippen molar-refractivity contribution < 1.29 is 14.7 Å². The van der Waals surface area contributed by atoms with Crippen molar-refractivity contribution in [2.75, 3.05) is 5.32 Å². The average Bonchev–Trinajstić information content (AvgIpc) is 2.40. The summed E-state index contributed by atoms with van der Waals surface area (Å²) < 4.78 is 0. The van der Waals surface area contributed by atoms with Crippen LogP contribution >= 0.6 is 0 Å². The molecule has 0 aliphatic carbocycles. The Morgan fingerprint density at radius 1 is 1.11 bits per heavy atom. The molecule has 0 fully saturated rings. The summed E-state index contributed by atoms with van der Waals surface area (Å²) in [6.07, 6.45) is 5.52. The number of carboxylic acids is 1. The second-order valence-electron chi connectivity index (χ2n) is 3.28. The monoisotopic (exact) mass is 244 g/mol. The molecule has 0 bridgehead atoms. The van der Waals surface area contributed by atoms with Crippen LogP contribution in [0.3, 0.4) is 0 Å². The molecule has 0 saturated carbocycles. The van der Waals surface area contributed by atoms with E-state index < -0.39 is 11.9 Å². The van der Waals surface area contributed by atoms with Crippen LogP contribution < -0.4 is 5.32 Å². The molecule has 0 saturated heterocycles. The van der Waals surface area contributed by atoms with Crippen molar-refractivity contribution in [1.82, 2.24) is 15.0 Å². The standard InChI is InChI=1S/C11H8N4O3/c16-10(15-9-6-12-3-4-13-9)7-1-2-8(11(17)18)14-5-7/h1-6H,(H,17,18)(H,13,15,16). The van der Waals surface area contributed by atoms with E-state index in [-0.39, 0.29) is 11.3 Å². The molecule has 0 aromatic carbocycles. The Bertz CT molecular complexity index is 569. The first kappa shape index (κ1) is 11.6. The number of carboxylic acid groups (broad SMARTS) is 1. The Hall–Kier alpha value is -2.83. The number of anilines is 1. The Balaban J connectivity index is 2.12. The molecule has 0 atom stereocenters. The lowest BCUT2D eigenvalue weighted by Crippen LogP contribution is -2.14. The van der Waals surface area contributed by atoms with Crippen molar-refractivity contribution in [3.8, 4) is 0 Å². The lowest BCUT2D eigenvalue weighted by Gasteiger charge is -2.03. The van der Waals surface area contributed by atoms with Crippen LogP contribution in [-0.2, 0) is 0 Å². The largest absolute Gasteiger partial charge is 0.477 e. The number of carbonyl (C=O) groups excluding carboxylic acids is 1. The molecule has 90 valence electrons. The number of carbonyl (C=O) groups is 2. The molecule has 2 rings (SSSR count). The minimum atomic E-state index is -1.14. The fourth-order valence-corrected chi connectivity index (χ4v) is 1.21. The lowest BCUT2D eigenvalue weighted by atomic mass is 10.2. The van der Waals surface area contributed by atoms with Gasteiger partial charge in [0.1, 0.15) is 5.69 Å². The van der Waals surface area contributed by atoms with Gasteiger partial charge < -0.3 is 10.4 Å². The van der Waals surface area contributed by atoms with Crippen LogP contribution in [0.5, 0.6) is 0 Å².